The standard InChI is InChI=1S/C29H37NO4/c1-4-6-13-29(12-5-2)14-7-15-30(19-29)26-18-24-25(16-22(32)17-27(24)33)28(26)34-23-10-8-21(9-11-23)20(3)31/h4,8-11,16-17,26,28,32-33H,1,5-7,12-15,18-19H2,2-3H3. The average Bonchev–Trinajstić information content (AvgIpc) is 3.17. The third-order valence-corrected chi connectivity index (χ3v) is 7.66. The molecule has 34 heavy (non-hydrogen) atoms. The van der Waals surface area contributed by atoms with Gasteiger partial charge in [-0.25, -0.2) is 0 Å². The molecule has 0 amide bonds. The number of aromatic hydroxyl groups is 2. The predicted octanol–water partition coefficient (Wildman–Crippen LogP) is 6.19. The van der Waals surface area contributed by atoms with Gasteiger partial charge < -0.3 is 14.9 Å². The van der Waals surface area contributed by atoms with Crippen LogP contribution in [0.2, 0.25) is 0 Å². The number of rotatable bonds is 9. The highest BCUT2D eigenvalue weighted by Crippen LogP contribution is 2.47. The number of piperidine rings is 1. The van der Waals surface area contributed by atoms with Crippen LogP contribution in [0.15, 0.2) is 49.1 Å². The van der Waals surface area contributed by atoms with E-state index in [1.165, 1.54) is 18.9 Å². The number of carbonyl (C=O) groups is 1. The number of likely N-dealkylation sites (tertiary alicyclic amines) is 1. The Morgan fingerprint density at radius 2 is 2.00 bits per heavy atom. The number of ketones is 1. The lowest BCUT2D eigenvalue weighted by Crippen LogP contribution is -2.50. The third kappa shape index (κ3) is 5.00. The van der Waals surface area contributed by atoms with Crippen molar-refractivity contribution in [3.63, 3.8) is 0 Å². The van der Waals surface area contributed by atoms with E-state index in [0.717, 1.165) is 49.9 Å². The third-order valence-electron chi connectivity index (χ3n) is 7.66. The zero-order valence-electron chi connectivity index (χ0n) is 20.4. The molecule has 0 saturated carbocycles. The monoisotopic (exact) mass is 463 g/mol. The maximum absolute atomic E-state index is 11.7. The van der Waals surface area contributed by atoms with E-state index in [2.05, 4.69) is 18.4 Å². The fourth-order valence-corrected chi connectivity index (χ4v) is 6.04. The van der Waals surface area contributed by atoms with Gasteiger partial charge in [0.15, 0.2) is 5.78 Å². The molecule has 5 heteroatoms. The fraction of sp³-hybridized carbons (Fsp3) is 0.483. The van der Waals surface area contributed by atoms with Gasteiger partial charge in [0.2, 0.25) is 0 Å². The van der Waals surface area contributed by atoms with Crippen molar-refractivity contribution >= 4 is 5.78 Å². The molecule has 1 heterocycles. The minimum atomic E-state index is -0.312. The van der Waals surface area contributed by atoms with Crippen LogP contribution in [-0.4, -0.2) is 40.0 Å². The summed E-state index contributed by atoms with van der Waals surface area (Å²) in [5.41, 5.74) is 2.61. The molecule has 1 aliphatic carbocycles. The lowest BCUT2D eigenvalue weighted by molar-refractivity contribution is 0.00435. The number of ether oxygens (including phenoxy) is 1. The number of hydrogen-bond donors (Lipinski definition) is 2. The molecule has 5 nitrogen and oxygen atoms in total. The maximum Gasteiger partial charge on any atom is 0.159 e. The molecule has 4 rings (SSSR count). The summed E-state index contributed by atoms with van der Waals surface area (Å²) in [6.45, 7) is 9.76. The van der Waals surface area contributed by atoms with Gasteiger partial charge in [-0.15, -0.1) is 6.58 Å². The summed E-state index contributed by atoms with van der Waals surface area (Å²) in [5.74, 6) is 0.869. The van der Waals surface area contributed by atoms with Crippen LogP contribution < -0.4 is 4.74 Å². The fourth-order valence-electron chi connectivity index (χ4n) is 6.04. The summed E-state index contributed by atoms with van der Waals surface area (Å²) >= 11 is 0. The summed E-state index contributed by atoms with van der Waals surface area (Å²) in [5, 5.41) is 20.9. The Morgan fingerprint density at radius 1 is 1.24 bits per heavy atom. The van der Waals surface area contributed by atoms with Crippen molar-refractivity contribution in [2.24, 2.45) is 5.41 Å². The highest BCUT2D eigenvalue weighted by atomic mass is 16.5. The minimum Gasteiger partial charge on any atom is -0.508 e. The molecule has 2 aromatic carbocycles. The number of carbonyl (C=O) groups excluding carboxylic acids is 1. The highest BCUT2D eigenvalue weighted by Gasteiger charge is 2.44. The Bertz CT molecular complexity index is 1030. The molecule has 2 aliphatic rings. The van der Waals surface area contributed by atoms with Crippen LogP contribution in [0, 0.1) is 5.41 Å². The van der Waals surface area contributed by atoms with E-state index >= 15 is 0 Å². The molecule has 1 saturated heterocycles. The van der Waals surface area contributed by atoms with E-state index in [9.17, 15) is 15.0 Å². The highest BCUT2D eigenvalue weighted by molar-refractivity contribution is 5.94. The second kappa shape index (κ2) is 10.2. The number of phenols is 2. The predicted molar refractivity (Wildman–Crippen MR) is 135 cm³/mol. The Morgan fingerprint density at radius 3 is 2.68 bits per heavy atom. The average molecular weight is 464 g/mol. The molecule has 182 valence electrons. The van der Waals surface area contributed by atoms with Crippen LogP contribution >= 0.6 is 0 Å². The summed E-state index contributed by atoms with van der Waals surface area (Å²) in [7, 11) is 0. The smallest absolute Gasteiger partial charge is 0.159 e. The van der Waals surface area contributed by atoms with E-state index in [4.69, 9.17) is 4.74 Å². The second-order valence-electron chi connectivity index (χ2n) is 10.1. The van der Waals surface area contributed by atoms with Gasteiger partial charge in [0.05, 0.1) is 6.04 Å². The van der Waals surface area contributed by atoms with Crippen LogP contribution in [-0.2, 0) is 6.42 Å². The number of allylic oxidation sites excluding steroid dienone is 1. The van der Waals surface area contributed by atoms with Crippen molar-refractivity contribution in [1.82, 2.24) is 4.90 Å². The van der Waals surface area contributed by atoms with E-state index in [1.54, 1.807) is 25.1 Å². The van der Waals surface area contributed by atoms with Crippen LogP contribution in [0.5, 0.6) is 17.2 Å². The number of phenolic OH excluding ortho intramolecular Hbond substituents is 2. The molecule has 3 unspecified atom stereocenters. The van der Waals surface area contributed by atoms with Crippen molar-refractivity contribution < 1.29 is 19.7 Å². The van der Waals surface area contributed by atoms with E-state index in [-0.39, 0.29) is 34.8 Å². The van der Waals surface area contributed by atoms with E-state index < -0.39 is 0 Å². The van der Waals surface area contributed by atoms with Gasteiger partial charge in [0.25, 0.3) is 0 Å². The largest absolute Gasteiger partial charge is 0.508 e. The Hall–Kier alpha value is -2.79. The quantitative estimate of drug-likeness (QED) is 0.343. The molecule has 0 spiro atoms. The molecular weight excluding hydrogens is 426 g/mol. The molecular formula is C29H37NO4. The lowest BCUT2D eigenvalue weighted by Gasteiger charge is -2.46. The minimum absolute atomic E-state index is 0.0191. The maximum atomic E-state index is 11.7. The first-order chi connectivity index (χ1) is 16.4. The van der Waals surface area contributed by atoms with Gasteiger partial charge >= 0.3 is 0 Å². The Labute approximate surface area is 203 Å². The molecule has 1 fully saturated rings. The second-order valence-corrected chi connectivity index (χ2v) is 10.1. The number of nitrogens with zero attached hydrogens (tertiary/aromatic N) is 1. The van der Waals surface area contributed by atoms with Crippen molar-refractivity contribution in [3.8, 4) is 17.2 Å². The first-order valence-corrected chi connectivity index (χ1v) is 12.5. The van der Waals surface area contributed by atoms with Crippen molar-refractivity contribution in [3.05, 3.63) is 65.7 Å². The SMILES string of the molecule is C=CCCC1(CCC)CCCN(C2Cc3c(O)cc(O)cc3C2Oc2ccc(C(C)=O)cc2)C1. The summed E-state index contributed by atoms with van der Waals surface area (Å²) in [6, 6.07) is 10.4. The molecule has 3 atom stereocenters. The summed E-state index contributed by atoms with van der Waals surface area (Å²) < 4.78 is 6.53. The van der Waals surface area contributed by atoms with Crippen LogP contribution in [0.3, 0.4) is 0 Å². The van der Waals surface area contributed by atoms with Crippen LogP contribution in [0.25, 0.3) is 0 Å². The van der Waals surface area contributed by atoms with Gasteiger partial charge in [-0.05, 0) is 87.7 Å². The van der Waals surface area contributed by atoms with Crippen molar-refractivity contribution in [1.29, 1.82) is 0 Å². The number of hydrogen-bond acceptors (Lipinski definition) is 5. The first-order valence-electron chi connectivity index (χ1n) is 12.5. The normalized spacial score (nSPS) is 24.5. The first kappa shape index (κ1) is 24.3. The van der Waals surface area contributed by atoms with Gasteiger partial charge in [-0.2, -0.15) is 0 Å². The summed E-state index contributed by atoms with van der Waals surface area (Å²) in [6.07, 6.45) is 9.29. The molecule has 2 aromatic rings. The zero-order chi connectivity index (χ0) is 24.3. The number of benzene rings is 2. The topological polar surface area (TPSA) is 70.0 Å². The van der Waals surface area contributed by atoms with Crippen LogP contribution in [0.1, 0.15) is 80.0 Å². The Kier molecular flexibility index (Phi) is 7.32. The van der Waals surface area contributed by atoms with E-state index in [0.29, 0.717) is 17.7 Å². The van der Waals surface area contributed by atoms with Crippen molar-refractivity contribution in [2.75, 3.05) is 13.1 Å². The zero-order valence-corrected chi connectivity index (χ0v) is 20.4. The van der Waals surface area contributed by atoms with Gasteiger partial charge in [-0.1, -0.05) is 19.4 Å². The Balaban J connectivity index is 1.65. The summed E-state index contributed by atoms with van der Waals surface area (Å²) in [4.78, 5) is 14.2. The van der Waals surface area contributed by atoms with Gasteiger partial charge in [0, 0.05) is 29.3 Å². The molecule has 0 bridgehead atoms. The molecule has 2 N–H and O–H groups in total. The molecule has 0 radical (unpaired) electrons. The lowest BCUT2D eigenvalue weighted by atomic mass is 9.72. The van der Waals surface area contributed by atoms with E-state index in [1.807, 2.05) is 18.2 Å². The molecule has 1 aliphatic heterocycles. The van der Waals surface area contributed by atoms with Crippen molar-refractivity contribution in [2.45, 2.75) is 70.9 Å². The number of Topliss-reactive ketones (excluding diaryl/α,β-unsaturated/α-hetero) is 1. The number of fused-ring (bicyclic) bond motifs is 1. The van der Waals surface area contributed by atoms with Gasteiger partial charge in [0.1, 0.15) is 23.4 Å². The van der Waals surface area contributed by atoms with Gasteiger partial charge in [-0.3, -0.25) is 9.69 Å². The molecule has 0 aromatic heterocycles. The van der Waals surface area contributed by atoms with Crippen LogP contribution in [0.4, 0.5) is 0 Å².